The highest BCUT2D eigenvalue weighted by molar-refractivity contribution is 7.89. The lowest BCUT2D eigenvalue weighted by atomic mass is 10.0. The van der Waals surface area contributed by atoms with Crippen LogP contribution in [0, 0.1) is 5.92 Å². The van der Waals surface area contributed by atoms with Crippen LogP contribution in [-0.4, -0.2) is 64.2 Å². The van der Waals surface area contributed by atoms with E-state index in [0.29, 0.717) is 6.42 Å². The molecule has 1 rings (SSSR count). The standard InChI is InChI=1S/C12H21F3N2O5S/c1-8-6-9(22-10(8)11(18)17(2)21-3)7-16-23(19,20)5-4-12(13,14)15/h8-10,16H,4-7H2,1-3H3/t8-,9-,10+/m1/s1. The van der Waals surface area contributed by atoms with E-state index in [2.05, 4.69) is 4.72 Å². The molecule has 0 radical (unpaired) electrons. The van der Waals surface area contributed by atoms with Gasteiger partial charge in [-0.05, 0) is 12.3 Å². The molecule has 0 aromatic carbocycles. The van der Waals surface area contributed by atoms with Gasteiger partial charge in [-0.3, -0.25) is 9.63 Å². The van der Waals surface area contributed by atoms with Crippen molar-refractivity contribution in [2.45, 2.75) is 38.1 Å². The first kappa shape index (κ1) is 20.1. The molecule has 1 aliphatic rings. The number of ether oxygens (including phenoxy) is 1. The fraction of sp³-hybridized carbons (Fsp3) is 0.917. The molecule has 1 aliphatic heterocycles. The summed E-state index contributed by atoms with van der Waals surface area (Å²) in [6.07, 6.45) is -6.88. The molecule has 7 nitrogen and oxygen atoms in total. The Balaban J connectivity index is 2.49. The average Bonchev–Trinajstić information content (AvgIpc) is 2.82. The number of carbonyl (C=O) groups is 1. The van der Waals surface area contributed by atoms with Crippen molar-refractivity contribution in [2.75, 3.05) is 26.5 Å². The molecule has 1 heterocycles. The molecule has 0 bridgehead atoms. The molecule has 1 saturated heterocycles. The van der Waals surface area contributed by atoms with Crippen molar-refractivity contribution in [1.82, 2.24) is 9.79 Å². The summed E-state index contributed by atoms with van der Waals surface area (Å²) < 4.78 is 66.8. The molecule has 0 unspecified atom stereocenters. The van der Waals surface area contributed by atoms with Gasteiger partial charge in [0, 0.05) is 13.6 Å². The zero-order valence-electron chi connectivity index (χ0n) is 13.1. The number of alkyl halides is 3. The van der Waals surface area contributed by atoms with Crippen LogP contribution in [0.15, 0.2) is 0 Å². The topological polar surface area (TPSA) is 84.9 Å². The van der Waals surface area contributed by atoms with E-state index < -0.39 is 46.5 Å². The van der Waals surface area contributed by atoms with Crippen molar-refractivity contribution in [3.05, 3.63) is 0 Å². The maximum Gasteiger partial charge on any atom is 0.390 e. The number of hydrogen-bond donors (Lipinski definition) is 1. The lowest BCUT2D eigenvalue weighted by Crippen LogP contribution is -2.39. The first-order valence-corrected chi connectivity index (χ1v) is 8.61. The van der Waals surface area contributed by atoms with Crippen LogP contribution in [0.4, 0.5) is 13.2 Å². The monoisotopic (exact) mass is 362 g/mol. The molecule has 1 N–H and O–H groups in total. The predicted octanol–water partition coefficient (Wildman–Crippen LogP) is 0.672. The lowest BCUT2D eigenvalue weighted by molar-refractivity contribution is -0.181. The summed E-state index contributed by atoms with van der Waals surface area (Å²) in [5, 5.41) is 1.01. The highest BCUT2D eigenvalue weighted by Gasteiger charge is 2.39. The number of nitrogens with zero attached hydrogens (tertiary/aromatic N) is 1. The molecule has 136 valence electrons. The van der Waals surface area contributed by atoms with Gasteiger partial charge in [0.2, 0.25) is 10.0 Å². The van der Waals surface area contributed by atoms with E-state index in [0.717, 1.165) is 5.06 Å². The largest absolute Gasteiger partial charge is 0.390 e. The van der Waals surface area contributed by atoms with E-state index in [4.69, 9.17) is 9.57 Å². The smallest absolute Gasteiger partial charge is 0.363 e. The van der Waals surface area contributed by atoms with Crippen LogP contribution in [0.3, 0.4) is 0 Å². The highest BCUT2D eigenvalue weighted by atomic mass is 32.2. The molecular weight excluding hydrogens is 341 g/mol. The predicted molar refractivity (Wildman–Crippen MR) is 74.7 cm³/mol. The van der Waals surface area contributed by atoms with Crippen LogP contribution >= 0.6 is 0 Å². The van der Waals surface area contributed by atoms with Crippen LogP contribution in [0.2, 0.25) is 0 Å². The van der Waals surface area contributed by atoms with Crippen molar-refractivity contribution in [3.63, 3.8) is 0 Å². The number of hydroxylamine groups is 2. The summed E-state index contributed by atoms with van der Waals surface area (Å²) in [5.41, 5.74) is 0. The van der Waals surface area contributed by atoms with Gasteiger partial charge in [0.25, 0.3) is 5.91 Å². The number of halogens is 3. The molecule has 0 aliphatic carbocycles. The number of sulfonamides is 1. The summed E-state index contributed by atoms with van der Waals surface area (Å²) in [7, 11) is -1.30. The second-order valence-corrected chi connectivity index (χ2v) is 7.37. The SMILES string of the molecule is CON(C)C(=O)[C@H]1O[C@@H](CNS(=O)(=O)CCC(F)(F)F)C[C@H]1C. The van der Waals surface area contributed by atoms with Gasteiger partial charge >= 0.3 is 6.18 Å². The fourth-order valence-corrected chi connectivity index (χ4v) is 3.26. The summed E-state index contributed by atoms with van der Waals surface area (Å²) >= 11 is 0. The van der Waals surface area contributed by atoms with Crippen molar-refractivity contribution in [3.8, 4) is 0 Å². The van der Waals surface area contributed by atoms with Crippen molar-refractivity contribution in [2.24, 2.45) is 5.92 Å². The van der Waals surface area contributed by atoms with Gasteiger partial charge in [0.05, 0.1) is 25.4 Å². The average molecular weight is 362 g/mol. The first-order valence-electron chi connectivity index (χ1n) is 6.96. The second-order valence-electron chi connectivity index (χ2n) is 5.44. The minimum atomic E-state index is -4.53. The summed E-state index contributed by atoms with van der Waals surface area (Å²) in [6.45, 7) is 1.59. The van der Waals surface area contributed by atoms with E-state index in [1.165, 1.54) is 14.2 Å². The number of carbonyl (C=O) groups excluding carboxylic acids is 1. The summed E-state index contributed by atoms with van der Waals surface area (Å²) in [5.74, 6) is -1.60. The molecule has 3 atom stereocenters. The Bertz CT molecular complexity index is 511. The number of hydrogen-bond acceptors (Lipinski definition) is 5. The second kappa shape index (κ2) is 7.77. The van der Waals surface area contributed by atoms with Gasteiger partial charge in [-0.15, -0.1) is 0 Å². The number of likely N-dealkylation sites (N-methyl/N-ethyl adjacent to an activating group) is 1. The van der Waals surface area contributed by atoms with Crippen LogP contribution in [0.25, 0.3) is 0 Å². The van der Waals surface area contributed by atoms with Crippen molar-refractivity contribution >= 4 is 15.9 Å². The minimum Gasteiger partial charge on any atom is -0.363 e. The molecule has 23 heavy (non-hydrogen) atoms. The van der Waals surface area contributed by atoms with Crippen molar-refractivity contribution in [1.29, 1.82) is 0 Å². The van der Waals surface area contributed by atoms with Gasteiger partial charge in [0.15, 0.2) is 0 Å². The molecule has 0 aromatic heterocycles. The van der Waals surface area contributed by atoms with E-state index in [9.17, 15) is 26.4 Å². The molecule has 0 saturated carbocycles. The van der Waals surface area contributed by atoms with E-state index in [-0.39, 0.29) is 12.5 Å². The maximum absolute atomic E-state index is 12.1. The summed E-state index contributed by atoms with van der Waals surface area (Å²) in [4.78, 5) is 16.7. The molecule has 0 aromatic rings. The Hall–Kier alpha value is -0.910. The Morgan fingerprint density at radius 2 is 2.04 bits per heavy atom. The highest BCUT2D eigenvalue weighted by Crippen LogP contribution is 2.27. The third kappa shape index (κ3) is 6.61. The van der Waals surface area contributed by atoms with Gasteiger partial charge in [-0.1, -0.05) is 6.92 Å². The Labute approximate surface area is 133 Å². The Morgan fingerprint density at radius 3 is 2.57 bits per heavy atom. The van der Waals surface area contributed by atoms with Crippen molar-refractivity contribution < 1.29 is 36.0 Å². The Kier molecular flexibility index (Phi) is 6.81. The fourth-order valence-electron chi connectivity index (χ4n) is 2.18. The van der Waals surface area contributed by atoms with E-state index in [1.807, 2.05) is 0 Å². The van der Waals surface area contributed by atoms with Crippen LogP contribution in [0.1, 0.15) is 19.8 Å². The molecule has 1 fully saturated rings. The number of nitrogens with one attached hydrogen (secondary N) is 1. The number of rotatable bonds is 7. The zero-order chi connectivity index (χ0) is 17.8. The van der Waals surface area contributed by atoms with Gasteiger partial charge < -0.3 is 4.74 Å². The van der Waals surface area contributed by atoms with Gasteiger partial charge in [-0.25, -0.2) is 18.2 Å². The first-order chi connectivity index (χ1) is 10.4. The zero-order valence-corrected chi connectivity index (χ0v) is 13.9. The molecule has 0 spiro atoms. The molecular formula is C12H21F3N2O5S. The summed E-state index contributed by atoms with van der Waals surface area (Å²) in [6, 6.07) is 0. The molecule has 11 heteroatoms. The van der Waals surface area contributed by atoms with Crippen LogP contribution in [0.5, 0.6) is 0 Å². The Morgan fingerprint density at radius 1 is 1.43 bits per heavy atom. The third-order valence-corrected chi connectivity index (χ3v) is 4.85. The minimum absolute atomic E-state index is 0.162. The lowest BCUT2D eigenvalue weighted by Gasteiger charge is -2.20. The molecule has 1 amide bonds. The van der Waals surface area contributed by atoms with Crippen LogP contribution in [-0.2, 0) is 24.4 Å². The maximum atomic E-state index is 12.1. The third-order valence-electron chi connectivity index (χ3n) is 3.50. The van der Waals surface area contributed by atoms with E-state index in [1.54, 1.807) is 6.92 Å². The van der Waals surface area contributed by atoms with Gasteiger partial charge in [-0.2, -0.15) is 13.2 Å². The van der Waals surface area contributed by atoms with Crippen LogP contribution < -0.4 is 4.72 Å². The quantitative estimate of drug-likeness (QED) is 0.673. The van der Waals surface area contributed by atoms with Gasteiger partial charge in [0.1, 0.15) is 6.10 Å². The normalized spacial score (nSPS) is 25.6. The number of amides is 1. The van der Waals surface area contributed by atoms with E-state index >= 15 is 0 Å².